The molecule has 1 aromatic rings. The maximum atomic E-state index is 10.2. The minimum atomic E-state index is -4.39. The van der Waals surface area contributed by atoms with Crippen LogP contribution in [0.3, 0.4) is 0 Å². The van der Waals surface area contributed by atoms with E-state index in [4.69, 9.17) is 9.79 Å². The summed E-state index contributed by atoms with van der Waals surface area (Å²) in [6.45, 7) is 0. The summed E-state index contributed by atoms with van der Waals surface area (Å²) in [5.74, 6) is 0. The van der Waals surface area contributed by atoms with Crippen molar-refractivity contribution in [2.75, 3.05) is 0 Å². The van der Waals surface area contributed by atoms with Crippen LogP contribution in [-0.2, 0) is 4.57 Å². The second kappa shape index (κ2) is 4.30. The molecule has 0 saturated heterocycles. The Morgan fingerprint density at radius 3 is 2.09 bits per heavy atom. The summed E-state index contributed by atoms with van der Waals surface area (Å²) in [6.07, 6.45) is 2.78. The Hall–Kier alpha value is 0.230. The molecule has 2 N–H and O–H groups in total. The van der Waals surface area contributed by atoms with Crippen LogP contribution < -0.4 is 4.62 Å². The number of aromatic nitrogens is 1. The van der Waals surface area contributed by atoms with Gasteiger partial charge in [-0.15, -0.1) is 0 Å². The summed E-state index contributed by atoms with van der Waals surface area (Å²) in [7, 11) is -4.39. The van der Waals surface area contributed by atoms with Gasteiger partial charge < -0.3 is 4.62 Å². The van der Waals surface area contributed by atoms with Crippen LogP contribution in [0.2, 0.25) is 0 Å². The summed E-state index contributed by atoms with van der Waals surface area (Å²) in [4.78, 5) is 16.5. The van der Waals surface area contributed by atoms with Crippen LogP contribution in [0.15, 0.2) is 24.5 Å². The summed E-state index contributed by atoms with van der Waals surface area (Å²) in [5, 5.41) is 0. The van der Waals surface area contributed by atoms with Crippen molar-refractivity contribution in [1.29, 1.82) is 0 Å². The Kier molecular flexibility index (Phi) is 4.39. The zero-order chi connectivity index (χ0) is 7.61. The molecule has 0 radical (unpaired) electrons. The molecule has 1 aromatic heterocycles. The molecule has 0 atom stereocenters. The molecule has 0 saturated carbocycles. The van der Waals surface area contributed by atoms with Crippen molar-refractivity contribution in [2.24, 2.45) is 0 Å². The Labute approximate surface area is 85.5 Å². The molecule has 0 aliphatic heterocycles. The monoisotopic (exact) mass is 187 g/mol. The van der Waals surface area contributed by atoms with E-state index < -0.39 is 7.82 Å². The first-order valence-corrected chi connectivity index (χ1v) is 3.99. The Morgan fingerprint density at radius 1 is 1.27 bits per heavy atom. The van der Waals surface area contributed by atoms with Gasteiger partial charge in [-0.2, -0.15) is 4.73 Å². The molecule has 1 rings (SSSR count). The van der Waals surface area contributed by atoms with E-state index in [1.165, 1.54) is 12.4 Å². The van der Waals surface area contributed by atoms with Crippen LogP contribution in [0, 0.1) is 0 Å². The zero-order valence-electron chi connectivity index (χ0n) is 4.91. The number of hydrogen-bond donors (Lipinski definition) is 2. The van der Waals surface area contributed by atoms with Crippen LogP contribution in [-0.4, -0.2) is 44.1 Å². The van der Waals surface area contributed by atoms with E-state index in [0.717, 1.165) is 4.73 Å². The quantitative estimate of drug-likeness (QED) is 0.477. The second-order valence-corrected chi connectivity index (χ2v) is 2.76. The van der Waals surface area contributed by atoms with E-state index in [2.05, 4.69) is 4.62 Å². The first-order chi connectivity index (χ1) is 4.58. The van der Waals surface area contributed by atoms with Gasteiger partial charge in [0.1, 0.15) is 0 Å². The van der Waals surface area contributed by atoms with Crippen LogP contribution in [0.4, 0.5) is 0 Å². The van der Waals surface area contributed by atoms with Gasteiger partial charge in [0.2, 0.25) is 0 Å². The van der Waals surface area contributed by atoms with E-state index in [9.17, 15) is 4.57 Å². The van der Waals surface area contributed by atoms with Crippen molar-refractivity contribution in [3.8, 4) is 0 Å². The Balaban J connectivity index is 0.000001000. The van der Waals surface area contributed by atoms with Crippen molar-refractivity contribution in [2.45, 2.75) is 0 Å². The molecule has 0 aliphatic carbocycles. The average molecular weight is 187 g/mol. The first kappa shape index (κ1) is 11.2. The van der Waals surface area contributed by atoms with Gasteiger partial charge >= 0.3 is 37.4 Å². The maximum absolute atomic E-state index is 10.2. The summed E-state index contributed by atoms with van der Waals surface area (Å²) < 4.78 is 15.2. The Bertz CT molecular complexity index is 243. The topological polar surface area (TPSA) is 71.7 Å². The molecule has 0 fully saturated rings. The first-order valence-electron chi connectivity index (χ1n) is 2.46. The third kappa shape index (κ3) is 4.63. The SMILES string of the molecule is O=P(O)(O)On1cccc1.[NaH]. The van der Waals surface area contributed by atoms with E-state index in [-0.39, 0.29) is 29.6 Å². The fraction of sp³-hybridized carbons (Fsp3) is 0. The van der Waals surface area contributed by atoms with Crippen molar-refractivity contribution in [1.82, 2.24) is 4.73 Å². The zero-order valence-corrected chi connectivity index (χ0v) is 5.81. The third-order valence-electron chi connectivity index (χ3n) is 0.778. The van der Waals surface area contributed by atoms with Crippen LogP contribution in [0.1, 0.15) is 0 Å². The summed E-state index contributed by atoms with van der Waals surface area (Å²) in [5.41, 5.74) is 0. The Morgan fingerprint density at radius 2 is 1.73 bits per heavy atom. The van der Waals surface area contributed by atoms with E-state index >= 15 is 0 Å². The normalized spacial score (nSPS) is 10.4. The van der Waals surface area contributed by atoms with Gasteiger partial charge in [0, 0.05) is 12.4 Å². The van der Waals surface area contributed by atoms with Crippen molar-refractivity contribution < 1.29 is 19.0 Å². The van der Waals surface area contributed by atoms with E-state index in [1.54, 1.807) is 12.1 Å². The van der Waals surface area contributed by atoms with Crippen molar-refractivity contribution >= 4 is 37.4 Å². The van der Waals surface area contributed by atoms with Gasteiger partial charge in [0.05, 0.1) is 0 Å². The molecular weight excluding hydrogens is 180 g/mol. The second-order valence-electron chi connectivity index (χ2n) is 1.62. The molecule has 0 aromatic carbocycles. The third-order valence-corrected chi connectivity index (χ3v) is 1.18. The van der Waals surface area contributed by atoms with Crippen LogP contribution >= 0.6 is 7.82 Å². The molecule has 1 heterocycles. The molecule has 0 unspecified atom stereocenters. The fourth-order valence-electron chi connectivity index (χ4n) is 0.496. The summed E-state index contributed by atoms with van der Waals surface area (Å²) >= 11 is 0. The average Bonchev–Trinajstić information content (AvgIpc) is 2.12. The van der Waals surface area contributed by atoms with Gasteiger partial charge in [-0.05, 0) is 12.1 Å². The fourth-order valence-corrected chi connectivity index (χ4v) is 0.850. The van der Waals surface area contributed by atoms with Crippen molar-refractivity contribution in [3.63, 3.8) is 0 Å². The summed E-state index contributed by atoms with van der Waals surface area (Å²) in [6, 6.07) is 3.19. The molecule has 58 valence electrons. The molecule has 0 bridgehead atoms. The molecular formula is C4H7NNaO4P. The van der Waals surface area contributed by atoms with Gasteiger partial charge in [-0.3, -0.25) is 9.79 Å². The van der Waals surface area contributed by atoms with Crippen LogP contribution in [0.5, 0.6) is 0 Å². The predicted molar refractivity (Wildman–Crippen MR) is 40.2 cm³/mol. The van der Waals surface area contributed by atoms with Gasteiger partial charge in [0.15, 0.2) is 0 Å². The predicted octanol–water partition coefficient (Wildman–Crippen LogP) is -0.639. The van der Waals surface area contributed by atoms with E-state index in [0.29, 0.717) is 0 Å². The number of nitrogens with zero attached hydrogens (tertiary/aromatic N) is 1. The molecule has 11 heavy (non-hydrogen) atoms. The van der Waals surface area contributed by atoms with Crippen LogP contribution in [0.25, 0.3) is 0 Å². The standard InChI is InChI=1S/C4H6NO4P.Na.H/c6-10(7,8)9-5-3-1-2-4-5;;/h1-4H,(H2,6,7,8);;. The van der Waals surface area contributed by atoms with Crippen molar-refractivity contribution in [3.05, 3.63) is 24.5 Å². The molecule has 5 nitrogen and oxygen atoms in total. The number of phosphoric acid groups is 1. The van der Waals surface area contributed by atoms with E-state index in [1.807, 2.05) is 0 Å². The van der Waals surface area contributed by atoms with Gasteiger partial charge in [-0.1, -0.05) is 0 Å². The molecule has 0 aliphatic rings. The molecule has 0 spiro atoms. The van der Waals surface area contributed by atoms with Gasteiger partial charge in [-0.25, -0.2) is 4.57 Å². The number of rotatable bonds is 2. The number of hydrogen-bond acceptors (Lipinski definition) is 2. The minimum absolute atomic E-state index is 0. The van der Waals surface area contributed by atoms with Gasteiger partial charge in [0.25, 0.3) is 0 Å². The molecule has 7 heteroatoms. The molecule has 0 amide bonds.